The molecule has 19 heavy (non-hydrogen) atoms. The van der Waals surface area contributed by atoms with Gasteiger partial charge in [-0.2, -0.15) is 0 Å². The van der Waals surface area contributed by atoms with Crippen LogP contribution in [0.15, 0.2) is 18.3 Å². The molecule has 0 spiro atoms. The molecule has 0 atom stereocenters. The van der Waals surface area contributed by atoms with Crippen LogP contribution in [0, 0.1) is 0 Å². The molecule has 1 aromatic heterocycles. The number of amides is 1. The highest BCUT2D eigenvalue weighted by Gasteiger charge is 2.08. The number of aromatic nitrogens is 1. The lowest BCUT2D eigenvalue weighted by atomic mass is 10.2. The molecule has 1 heterocycles. The van der Waals surface area contributed by atoms with Gasteiger partial charge in [0.1, 0.15) is 5.82 Å². The number of carbonyl (C=O) groups excluding carboxylic acids is 1. The summed E-state index contributed by atoms with van der Waals surface area (Å²) in [4.78, 5) is 18.4. The number of carbonyl (C=O) groups is 1. The number of rotatable bonds is 8. The van der Waals surface area contributed by atoms with E-state index in [1.807, 2.05) is 19.1 Å². The first kappa shape index (κ1) is 15.5. The molecule has 0 fully saturated rings. The van der Waals surface area contributed by atoms with Crippen LogP contribution < -0.4 is 10.2 Å². The van der Waals surface area contributed by atoms with E-state index in [0.29, 0.717) is 12.1 Å². The molecule has 0 aromatic carbocycles. The maximum atomic E-state index is 11.8. The molecule has 106 valence electrons. The van der Waals surface area contributed by atoms with Crippen LogP contribution in [0.3, 0.4) is 0 Å². The Morgan fingerprint density at radius 3 is 2.32 bits per heavy atom. The van der Waals surface area contributed by atoms with Crippen molar-refractivity contribution in [2.75, 3.05) is 24.5 Å². The zero-order valence-corrected chi connectivity index (χ0v) is 12.3. The van der Waals surface area contributed by atoms with Crippen molar-refractivity contribution >= 4 is 11.7 Å². The molecule has 0 unspecified atom stereocenters. The Hall–Kier alpha value is -1.58. The van der Waals surface area contributed by atoms with E-state index in [0.717, 1.165) is 38.2 Å². The first-order chi connectivity index (χ1) is 9.22. The number of hydrogen-bond donors (Lipinski definition) is 1. The van der Waals surface area contributed by atoms with Gasteiger partial charge in [-0.05, 0) is 31.4 Å². The third-order valence-corrected chi connectivity index (χ3v) is 2.86. The number of hydrogen-bond acceptors (Lipinski definition) is 3. The highest BCUT2D eigenvalue weighted by molar-refractivity contribution is 5.94. The van der Waals surface area contributed by atoms with Crippen LogP contribution in [0.5, 0.6) is 0 Å². The Balaban J connectivity index is 2.70. The van der Waals surface area contributed by atoms with Gasteiger partial charge in [-0.3, -0.25) is 4.79 Å². The Labute approximate surface area is 116 Å². The van der Waals surface area contributed by atoms with E-state index < -0.39 is 0 Å². The highest BCUT2D eigenvalue weighted by atomic mass is 16.1. The van der Waals surface area contributed by atoms with E-state index in [-0.39, 0.29) is 5.91 Å². The maximum absolute atomic E-state index is 11.8. The molecule has 1 N–H and O–H groups in total. The molecule has 0 saturated carbocycles. The fourth-order valence-electron chi connectivity index (χ4n) is 1.93. The van der Waals surface area contributed by atoms with Crippen molar-refractivity contribution in [2.24, 2.45) is 0 Å². The van der Waals surface area contributed by atoms with Gasteiger partial charge in [-0.1, -0.05) is 20.8 Å². The predicted molar refractivity (Wildman–Crippen MR) is 79.7 cm³/mol. The van der Waals surface area contributed by atoms with Crippen molar-refractivity contribution in [1.82, 2.24) is 10.3 Å². The maximum Gasteiger partial charge on any atom is 0.252 e. The van der Waals surface area contributed by atoms with Gasteiger partial charge in [0.05, 0.1) is 5.56 Å². The van der Waals surface area contributed by atoms with Crippen LogP contribution in [0.4, 0.5) is 5.82 Å². The van der Waals surface area contributed by atoms with Crippen LogP contribution in [-0.2, 0) is 0 Å². The number of pyridine rings is 1. The van der Waals surface area contributed by atoms with E-state index in [2.05, 4.69) is 29.0 Å². The number of nitrogens with one attached hydrogen (secondary N) is 1. The number of nitrogens with zero attached hydrogens (tertiary/aromatic N) is 2. The average Bonchev–Trinajstić information content (AvgIpc) is 2.44. The monoisotopic (exact) mass is 263 g/mol. The van der Waals surface area contributed by atoms with Gasteiger partial charge < -0.3 is 10.2 Å². The molecular formula is C15H25N3O. The molecule has 4 nitrogen and oxygen atoms in total. The van der Waals surface area contributed by atoms with E-state index in [1.165, 1.54) is 0 Å². The molecular weight excluding hydrogens is 238 g/mol. The van der Waals surface area contributed by atoms with Crippen molar-refractivity contribution in [3.05, 3.63) is 23.9 Å². The SMILES string of the molecule is CCCNC(=O)c1ccc(N(CCC)CCC)nc1. The first-order valence-corrected chi connectivity index (χ1v) is 7.22. The normalized spacial score (nSPS) is 10.3. The number of anilines is 1. The summed E-state index contributed by atoms with van der Waals surface area (Å²) < 4.78 is 0. The van der Waals surface area contributed by atoms with E-state index >= 15 is 0 Å². The summed E-state index contributed by atoms with van der Waals surface area (Å²) in [5.74, 6) is 0.911. The Morgan fingerprint density at radius 2 is 1.84 bits per heavy atom. The van der Waals surface area contributed by atoms with Gasteiger partial charge in [0.25, 0.3) is 5.91 Å². The largest absolute Gasteiger partial charge is 0.357 e. The van der Waals surface area contributed by atoms with Crippen molar-refractivity contribution < 1.29 is 4.79 Å². The minimum atomic E-state index is -0.0431. The van der Waals surface area contributed by atoms with E-state index in [4.69, 9.17) is 0 Å². The molecule has 1 amide bonds. The standard InChI is InChI=1S/C15H25N3O/c1-4-9-16-15(19)13-7-8-14(17-12-13)18(10-5-2)11-6-3/h7-8,12H,4-6,9-11H2,1-3H3,(H,16,19). The van der Waals surface area contributed by atoms with Gasteiger partial charge in [-0.25, -0.2) is 4.98 Å². The Bertz CT molecular complexity index is 369. The molecule has 0 aliphatic carbocycles. The summed E-state index contributed by atoms with van der Waals surface area (Å²) in [6.45, 7) is 9.07. The van der Waals surface area contributed by atoms with Gasteiger partial charge in [0, 0.05) is 25.8 Å². The van der Waals surface area contributed by atoms with Gasteiger partial charge in [0.2, 0.25) is 0 Å². The fourth-order valence-corrected chi connectivity index (χ4v) is 1.93. The summed E-state index contributed by atoms with van der Waals surface area (Å²) >= 11 is 0. The lowest BCUT2D eigenvalue weighted by Crippen LogP contribution is -2.27. The average molecular weight is 263 g/mol. The molecule has 0 bridgehead atoms. The smallest absolute Gasteiger partial charge is 0.252 e. The van der Waals surface area contributed by atoms with Crippen LogP contribution >= 0.6 is 0 Å². The van der Waals surface area contributed by atoms with Crippen LogP contribution in [0.25, 0.3) is 0 Å². The van der Waals surface area contributed by atoms with E-state index in [1.54, 1.807) is 6.20 Å². The molecule has 1 rings (SSSR count). The topological polar surface area (TPSA) is 45.2 Å². The molecule has 0 aliphatic rings. The molecule has 0 radical (unpaired) electrons. The van der Waals surface area contributed by atoms with Crippen molar-refractivity contribution in [3.63, 3.8) is 0 Å². The third-order valence-electron chi connectivity index (χ3n) is 2.86. The summed E-state index contributed by atoms with van der Waals surface area (Å²) in [5, 5.41) is 2.86. The summed E-state index contributed by atoms with van der Waals surface area (Å²) in [7, 11) is 0. The molecule has 1 aromatic rings. The first-order valence-electron chi connectivity index (χ1n) is 7.22. The Kier molecular flexibility index (Phi) is 6.93. The Morgan fingerprint density at radius 1 is 1.16 bits per heavy atom. The van der Waals surface area contributed by atoms with Gasteiger partial charge in [0.15, 0.2) is 0 Å². The second-order valence-electron chi connectivity index (χ2n) is 4.65. The quantitative estimate of drug-likeness (QED) is 0.784. The molecule has 0 saturated heterocycles. The van der Waals surface area contributed by atoms with Crippen molar-refractivity contribution in [3.8, 4) is 0 Å². The lowest BCUT2D eigenvalue weighted by Gasteiger charge is -2.22. The van der Waals surface area contributed by atoms with Crippen molar-refractivity contribution in [1.29, 1.82) is 0 Å². The predicted octanol–water partition coefficient (Wildman–Crippen LogP) is 2.85. The second kappa shape index (κ2) is 8.51. The second-order valence-corrected chi connectivity index (χ2v) is 4.65. The molecule has 0 aliphatic heterocycles. The van der Waals surface area contributed by atoms with Crippen LogP contribution in [0.1, 0.15) is 50.4 Å². The molecule has 4 heteroatoms. The third kappa shape index (κ3) is 4.89. The minimum Gasteiger partial charge on any atom is -0.357 e. The van der Waals surface area contributed by atoms with E-state index in [9.17, 15) is 4.79 Å². The highest BCUT2D eigenvalue weighted by Crippen LogP contribution is 2.12. The zero-order chi connectivity index (χ0) is 14.1. The van der Waals surface area contributed by atoms with Crippen LogP contribution in [-0.4, -0.2) is 30.5 Å². The van der Waals surface area contributed by atoms with Crippen molar-refractivity contribution in [2.45, 2.75) is 40.0 Å². The summed E-state index contributed by atoms with van der Waals surface area (Å²) in [6.07, 6.45) is 4.80. The minimum absolute atomic E-state index is 0.0431. The van der Waals surface area contributed by atoms with Gasteiger partial charge >= 0.3 is 0 Å². The summed E-state index contributed by atoms with van der Waals surface area (Å²) in [6, 6.07) is 3.79. The van der Waals surface area contributed by atoms with Crippen LogP contribution in [0.2, 0.25) is 0 Å². The lowest BCUT2D eigenvalue weighted by molar-refractivity contribution is 0.0953. The summed E-state index contributed by atoms with van der Waals surface area (Å²) in [5.41, 5.74) is 0.630. The zero-order valence-electron chi connectivity index (χ0n) is 12.3. The van der Waals surface area contributed by atoms with Gasteiger partial charge in [-0.15, -0.1) is 0 Å². The fraction of sp³-hybridized carbons (Fsp3) is 0.600.